The molecule has 2 aromatic heterocycles. The minimum Gasteiger partial charge on any atom is -0.469 e. The van der Waals surface area contributed by atoms with Gasteiger partial charge in [-0.1, -0.05) is 0 Å². The Labute approximate surface area is 113 Å². The number of aryl methyl sites for hydroxylation is 2. The number of nitrogens with zero attached hydrogens (tertiary/aromatic N) is 1. The monoisotopic (exact) mass is 260 g/mol. The molecule has 2 aromatic rings. The molecule has 0 radical (unpaired) electrons. The maximum atomic E-state index is 11.5. The highest BCUT2D eigenvalue weighted by Gasteiger charge is 2.05. The van der Waals surface area contributed by atoms with Gasteiger partial charge in [-0.2, -0.15) is 0 Å². The molecule has 4 heteroatoms. The molecule has 4 nitrogen and oxygen atoms in total. The van der Waals surface area contributed by atoms with Gasteiger partial charge in [0, 0.05) is 31.3 Å². The summed E-state index contributed by atoms with van der Waals surface area (Å²) in [7, 11) is 0. The molecule has 19 heavy (non-hydrogen) atoms. The zero-order valence-corrected chi connectivity index (χ0v) is 11.4. The van der Waals surface area contributed by atoms with E-state index >= 15 is 0 Å². The van der Waals surface area contributed by atoms with Gasteiger partial charge in [0.25, 0.3) is 5.56 Å². The number of furan rings is 1. The molecule has 0 aliphatic heterocycles. The van der Waals surface area contributed by atoms with Crippen molar-refractivity contribution in [1.29, 1.82) is 0 Å². The largest absolute Gasteiger partial charge is 0.469 e. The molecule has 1 atom stereocenters. The fourth-order valence-electron chi connectivity index (χ4n) is 2.03. The van der Waals surface area contributed by atoms with E-state index in [0.717, 1.165) is 24.3 Å². The zero-order valence-electron chi connectivity index (χ0n) is 11.4. The fourth-order valence-corrected chi connectivity index (χ4v) is 2.03. The van der Waals surface area contributed by atoms with E-state index in [4.69, 9.17) is 4.42 Å². The maximum absolute atomic E-state index is 11.5. The lowest BCUT2D eigenvalue weighted by Crippen LogP contribution is -2.21. The average molecular weight is 260 g/mol. The lowest BCUT2D eigenvalue weighted by molar-refractivity contribution is 0.495. The standard InChI is InChI=1S/C15H20N2O2/c1-3-17-11-13(7-9-15(17)18)16-12(2)6-8-14-5-4-10-19-14/h4-5,7,9-12,16H,3,6,8H2,1-2H3. The Morgan fingerprint density at radius 3 is 2.89 bits per heavy atom. The molecule has 1 N–H and O–H groups in total. The fraction of sp³-hybridized carbons (Fsp3) is 0.400. The summed E-state index contributed by atoms with van der Waals surface area (Å²) >= 11 is 0. The number of anilines is 1. The van der Waals surface area contributed by atoms with Crippen LogP contribution in [0.5, 0.6) is 0 Å². The molecule has 2 rings (SSSR count). The summed E-state index contributed by atoms with van der Waals surface area (Å²) in [5.41, 5.74) is 1.02. The van der Waals surface area contributed by atoms with Crippen LogP contribution in [0, 0.1) is 0 Å². The van der Waals surface area contributed by atoms with Gasteiger partial charge in [0.1, 0.15) is 5.76 Å². The summed E-state index contributed by atoms with van der Waals surface area (Å²) in [6.07, 6.45) is 5.46. The minimum atomic E-state index is 0.0382. The van der Waals surface area contributed by atoms with Crippen LogP contribution >= 0.6 is 0 Å². The van der Waals surface area contributed by atoms with Crippen molar-refractivity contribution in [3.8, 4) is 0 Å². The molecule has 0 saturated carbocycles. The Morgan fingerprint density at radius 2 is 2.21 bits per heavy atom. The van der Waals surface area contributed by atoms with Crippen molar-refractivity contribution in [2.45, 2.75) is 39.3 Å². The number of pyridine rings is 1. The molecular weight excluding hydrogens is 240 g/mol. The Morgan fingerprint density at radius 1 is 1.37 bits per heavy atom. The molecule has 0 bridgehead atoms. The van der Waals surface area contributed by atoms with Gasteiger partial charge in [-0.15, -0.1) is 0 Å². The Kier molecular flexibility index (Phi) is 4.44. The molecule has 0 aliphatic rings. The third kappa shape index (κ3) is 3.74. The zero-order chi connectivity index (χ0) is 13.7. The maximum Gasteiger partial charge on any atom is 0.250 e. The smallest absolute Gasteiger partial charge is 0.250 e. The van der Waals surface area contributed by atoms with Crippen LogP contribution in [0.15, 0.2) is 45.9 Å². The first-order valence-corrected chi connectivity index (χ1v) is 6.68. The number of hydrogen-bond donors (Lipinski definition) is 1. The first kappa shape index (κ1) is 13.5. The number of rotatable bonds is 6. The summed E-state index contributed by atoms with van der Waals surface area (Å²) in [5.74, 6) is 1.01. The van der Waals surface area contributed by atoms with E-state index in [0.29, 0.717) is 12.6 Å². The van der Waals surface area contributed by atoms with Crippen LogP contribution in [-0.2, 0) is 13.0 Å². The summed E-state index contributed by atoms with van der Waals surface area (Å²) in [6.45, 7) is 4.78. The highest BCUT2D eigenvalue weighted by atomic mass is 16.3. The second-order valence-corrected chi connectivity index (χ2v) is 4.71. The molecule has 0 spiro atoms. The number of nitrogens with one attached hydrogen (secondary N) is 1. The quantitative estimate of drug-likeness (QED) is 0.868. The van der Waals surface area contributed by atoms with E-state index in [9.17, 15) is 4.79 Å². The Balaban J connectivity index is 1.91. The first-order valence-electron chi connectivity index (χ1n) is 6.68. The second-order valence-electron chi connectivity index (χ2n) is 4.71. The van der Waals surface area contributed by atoms with E-state index < -0.39 is 0 Å². The number of hydrogen-bond acceptors (Lipinski definition) is 3. The predicted octanol–water partition coefficient (Wildman–Crippen LogP) is 2.89. The van der Waals surface area contributed by atoms with E-state index in [2.05, 4.69) is 12.2 Å². The van der Waals surface area contributed by atoms with Gasteiger partial charge in [-0.3, -0.25) is 4.79 Å². The summed E-state index contributed by atoms with van der Waals surface area (Å²) in [6, 6.07) is 7.66. The summed E-state index contributed by atoms with van der Waals surface area (Å²) in [4.78, 5) is 11.5. The van der Waals surface area contributed by atoms with Gasteiger partial charge in [-0.05, 0) is 38.5 Å². The molecule has 2 heterocycles. The average Bonchev–Trinajstić information content (AvgIpc) is 2.92. The van der Waals surface area contributed by atoms with Gasteiger partial charge in [0.05, 0.1) is 12.0 Å². The van der Waals surface area contributed by atoms with E-state index in [1.165, 1.54) is 0 Å². The van der Waals surface area contributed by atoms with Crippen molar-refractivity contribution >= 4 is 5.69 Å². The normalized spacial score (nSPS) is 12.3. The molecular formula is C15H20N2O2. The third-order valence-electron chi connectivity index (χ3n) is 3.14. The van der Waals surface area contributed by atoms with Crippen molar-refractivity contribution < 1.29 is 4.42 Å². The molecule has 0 aliphatic carbocycles. The van der Waals surface area contributed by atoms with Crippen LogP contribution in [0.4, 0.5) is 5.69 Å². The van der Waals surface area contributed by atoms with Gasteiger partial charge in [0.2, 0.25) is 0 Å². The topological polar surface area (TPSA) is 47.2 Å². The van der Waals surface area contributed by atoms with Crippen molar-refractivity contribution in [2.24, 2.45) is 0 Å². The van der Waals surface area contributed by atoms with Gasteiger partial charge in [0.15, 0.2) is 0 Å². The molecule has 0 saturated heterocycles. The lowest BCUT2D eigenvalue weighted by atomic mass is 10.1. The van der Waals surface area contributed by atoms with Crippen molar-refractivity contribution in [1.82, 2.24) is 4.57 Å². The SMILES string of the molecule is CCn1cc(NC(C)CCc2ccco2)ccc1=O. The van der Waals surface area contributed by atoms with Crippen molar-refractivity contribution in [3.05, 3.63) is 52.8 Å². The van der Waals surface area contributed by atoms with E-state index in [-0.39, 0.29) is 5.56 Å². The van der Waals surface area contributed by atoms with Gasteiger partial charge in [-0.25, -0.2) is 0 Å². The molecule has 0 aromatic carbocycles. The molecule has 0 fully saturated rings. The summed E-state index contributed by atoms with van der Waals surface area (Å²) in [5, 5.41) is 3.40. The van der Waals surface area contributed by atoms with Crippen molar-refractivity contribution in [2.75, 3.05) is 5.32 Å². The minimum absolute atomic E-state index is 0.0382. The van der Waals surface area contributed by atoms with Crippen LogP contribution in [0.3, 0.4) is 0 Å². The van der Waals surface area contributed by atoms with Crippen molar-refractivity contribution in [3.63, 3.8) is 0 Å². The molecule has 0 amide bonds. The second kappa shape index (κ2) is 6.27. The molecule has 1 unspecified atom stereocenters. The Bertz CT molecular complexity index is 558. The highest BCUT2D eigenvalue weighted by molar-refractivity contribution is 5.41. The van der Waals surface area contributed by atoms with Gasteiger partial charge < -0.3 is 14.3 Å². The highest BCUT2D eigenvalue weighted by Crippen LogP contribution is 2.11. The van der Waals surface area contributed by atoms with Crippen LogP contribution < -0.4 is 10.9 Å². The first-order chi connectivity index (χ1) is 9.19. The van der Waals surface area contributed by atoms with Crippen LogP contribution in [0.1, 0.15) is 26.0 Å². The van der Waals surface area contributed by atoms with E-state index in [1.54, 1.807) is 16.9 Å². The Hall–Kier alpha value is -1.97. The third-order valence-corrected chi connectivity index (χ3v) is 3.14. The van der Waals surface area contributed by atoms with Crippen LogP contribution in [-0.4, -0.2) is 10.6 Å². The lowest BCUT2D eigenvalue weighted by Gasteiger charge is -2.15. The molecule has 102 valence electrons. The van der Waals surface area contributed by atoms with Crippen LogP contribution in [0.2, 0.25) is 0 Å². The summed E-state index contributed by atoms with van der Waals surface area (Å²) < 4.78 is 7.01. The van der Waals surface area contributed by atoms with Gasteiger partial charge >= 0.3 is 0 Å². The van der Waals surface area contributed by atoms with Crippen LogP contribution in [0.25, 0.3) is 0 Å². The predicted molar refractivity (Wildman–Crippen MR) is 76.5 cm³/mol. The van der Waals surface area contributed by atoms with E-state index in [1.807, 2.05) is 31.3 Å². The number of aromatic nitrogens is 1.